The molecule has 1 N–H and O–H groups in total. The number of nitrogens with one attached hydrogen (secondary N) is 1. The first-order chi connectivity index (χ1) is 14.3. The Kier molecular flexibility index (Phi) is 6.40. The number of rotatable bonds is 7. The fraction of sp³-hybridized carbons (Fsp3) is 0.348. The van der Waals surface area contributed by atoms with Gasteiger partial charge in [0.1, 0.15) is 13.2 Å². The zero-order valence-corrected chi connectivity index (χ0v) is 17.8. The molecule has 0 bridgehead atoms. The van der Waals surface area contributed by atoms with Gasteiger partial charge in [-0.25, -0.2) is 9.80 Å². The Balaban J connectivity index is 1.69. The van der Waals surface area contributed by atoms with Gasteiger partial charge in [-0.15, -0.1) is 0 Å². The highest BCUT2D eigenvalue weighted by molar-refractivity contribution is 6.02. The molecule has 2 aromatic carbocycles. The maximum absolute atomic E-state index is 11.6. The van der Waals surface area contributed by atoms with E-state index in [0.717, 1.165) is 16.1 Å². The number of ether oxygens (including phenoxy) is 2. The zero-order valence-electron chi connectivity index (χ0n) is 17.8. The number of carbonyl (C=O) groups excluding carboxylic acids is 2. The van der Waals surface area contributed by atoms with Gasteiger partial charge in [0.05, 0.1) is 12.8 Å². The van der Waals surface area contributed by atoms with Crippen molar-refractivity contribution >= 4 is 18.2 Å². The van der Waals surface area contributed by atoms with Gasteiger partial charge in [0, 0.05) is 0 Å². The van der Waals surface area contributed by atoms with E-state index in [4.69, 9.17) is 9.47 Å². The van der Waals surface area contributed by atoms with Gasteiger partial charge in [0.15, 0.2) is 11.5 Å². The molecule has 3 amide bonds. The molecule has 3 rings (SSSR count). The van der Waals surface area contributed by atoms with Gasteiger partial charge in [-0.1, -0.05) is 45.0 Å². The number of amides is 3. The summed E-state index contributed by atoms with van der Waals surface area (Å²) in [7, 11) is 0. The van der Waals surface area contributed by atoms with E-state index in [2.05, 4.69) is 55.5 Å². The Hall–Kier alpha value is -3.35. The Bertz CT molecular complexity index is 946. The van der Waals surface area contributed by atoms with Gasteiger partial charge in [-0.2, -0.15) is 5.10 Å². The second kappa shape index (κ2) is 8.98. The summed E-state index contributed by atoms with van der Waals surface area (Å²) >= 11 is 0. The van der Waals surface area contributed by atoms with Gasteiger partial charge in [-0.05, 0) is 47.2 Å². The van der Waals surface area contributed by atoms with E-state index in [-0.39, 0.29) is 17.9 Å². The molecule has 1 aliphatic rings. The SMILES string of the molecule is CCOc1cc(/C=N\N2CC(=O)NC2=O)ccc1OCc1ccc(C(C)(C)C)cc1. The molecule has 158 valence electrons. The average molecular weight is 409 g/mol. The number of benzene rings is 2. The summed E-state index contributed by atoms with van der Waals surface area (Å²) < 4.78 is 11.7. The van der Waals surface area contributed by atoms with Crippen molar-refractivity contribution in [1.82, 2.24) is 10.3 Å². The second-order valence-corrected chi connectivity index (χ2v) is 8.03. The van der Waals surface area contributed by atoms with Crippen LogP contribution in [0.25, 0.3) is 0 Å². The molecule has 0 spiro atoms. The molecule has 7 nitrogen and oxygen atoms in total. The Morgan fingerprint density at radius 3 is 2.40 bits per heavy atom. The van der Waals surface area contributed by atoms with Crippen molar-refractivity contribution < 1.29 is 19.1 Å². The van der Waals surface area contributed by atoms with E-state index < -0.39 is 6.03 Å². The predicted octanol–water partition coefficient (Wildman–Crippen LogP) is 3.85. The molecule has 0 saturated carbocycles. The molecule has 1 fully saturated rings. The Morgan fingerprint density at radius 2 is 1.80 bits per heavy atom. The summed E-state index contributed by atoms with van der Waals surface area (Å²) in [6, 6.07) is 13.3. The molecule has 1 aliphatic heterocycles. The highest BCUT2D eigenvalue weighted by Gasteiger charge is 2.25. The molecule has 0 unspecified atom stereocenters. The lowest BCUT2D eigenvalue weighted by Crippen LogP contribution is -2.24. The molecule has 2 aromatic rings. The average Bonchev–Trinajstić information content (AvgIpc) is 3.02. The van der Waals surface area contributed by atoms with Crippen molar-refractivity contribution in [3.05, 3.63) is 59.2 Å². The van der Waals surface area contributed by atoms with Crippen molar-refractivity contribution in [3.8, 4) is 11.5 Å². The minimum absolute atomic E-state index is 0.0805. The summed E-state index contributed by atoms with van der Waals surface area (Å²) in [5, 5.41) is 7.31. The van der Waals surface area contributed by atoms with Crippen LogP contribution in [0.4, 0.5) is 4.79 Å². The fourth-order valence-electron chi connectivity index (χ4n) is 2.92. The minimum atomic E-state index is -0.529. The topological polar surface area (TPSA) is 80.2 Å². The van der Waals surface area contributed by atoms with Crippen molar-refractivity contribution in [3.63, 3.8) is 0 Å². The van der Waals surface area contributed by atoms with Crippen LogP contribution in [0.15, 0.2) is 47.6 Å². The third kappa shape index (κ3) is 5.37. The van der Waals surface area contributed by atoms with Gasteiger partial charge in [0.25, 0.3) is 0 Å². The number of urea groups is 1. The molecule has 0 aliphatic carbocycles. The maximum Gasteiger partial charge on any atom is 0.344 e. The van der Waals surface area contributed by atoms with E-state index in [0.29, 0.717) is 24.7 Å². The Morgan fingerprint density at radius 1 is 1.07 bits per heavy atom. The van der Waals surface area contributed by atoms with E-state index in [1.807, 2.05) is 19.1 Å². The van der Waals surface area contributed by atoms with E-state index in [9.17, 15) is 9.59 Å². The Labute approximate surface area is 176 Å². The minimum Gasteiger partial charge on any atom is -0.490 e. The highest BCUT2D eigenvalue weighted by atomic mass is 16.5. The lowest BCUT2D eigenvalue weighted by Gasteiger charge is -2.19. The van der Waals surface area contributed by atoms with Gasteiger partial charge in [0.2, 0.25) is 5.91 Å². The van der Waals surface area contributed by atoms with Crippen molar-refractivity contribution in [2.45, 2.75) is 39.7 Å². The molecule has 1 heterocycles. The number of carbonyl (C=O) groups is 2. The quantitative estimate of drug-likeness (QED) is 0.556. The van der Waals surface area contributed by atoms with E-state index in [1.54, 1.807) is 6.07 Å². The van der Waals surface area contributed by atoms with Crippen LogP contribution < -0.4 is 14.8 Å². The number of hydrogen-bond donors (Lipinski definition) is 1. The van der Waals surface area contributed by atoms with Crippen molar-refractivity contribution in [1.29, 1.82) is 0 Å². The first kappa shape index (κ1) is 21.4. The van der Waals surface area contributed by atoms with Crippen LogP contribution in [-0.4, -0.2) is 36.3 Å². The van der Waals surface area contributed by atoms with Crippen LogP contribution in [0.3, 0.4) is 0 Å². The first-order valence-corrected chi connectivity index (χ1v) is 9.90. The summed E-state index contributed by atoms with van der Waals surface area (Å²) in [5.74, 6) is 0.851. The molecule has 0 atom stereocenters. The molecular formula is C23H27N3O4. The molecule has 0 radical (unpaired) electrons. The van der Waals surface area contributed by atoms with Crippen molar-refractivity contribution in [2.24, 2.45) is 5.10 Å². The summed E-state index contributed by atoms with van der Waals surface area (Å²) in [6.45, 7) is 9.29. The first-order valence-electron chi connectivity index (χ1n) is 9.90. The van der Waals surface area contributed by atoms with Crippen molar-refractivity contribution in [2.75, 3.05) is 13.2 Å². The number of hydrazone groups is 1. The van der Waals surface area contributed by atoms with Crippen LogP contribution in [0.2, 0.25) is 0 Å². The van der Waals surface area contributed by atoms with E-state index in [1.165, 1.54) is 11.8 Å². The molecule has 1 saturated heterocycles. The van der Waals surface area contributed by atoms with Crippen LogP contribution >= 0.6 is 0 Å². The summed E-state index contributed by atoms with van der Waals surface area (Å²) in [5.41, 5.74) is 3.19. The smallest absolute Gasteiger partial charge is 0.344 e. The predicted molar refractivity (Wildman–Crippen MR) is 115 cm³/mol. The lowest BCUT2D eigenvalue weighted by atomic mass is 9.87. The number of hydrogen-bond acceptors (Lipinski definition) is 5. The lowest BCUT2D eigenvalue weighted by molar-refractivity contribution is -0.118. The van der Waals surface area contributed by atoms with Crippen LogP contribution in [-0.2, 0) is 16.8 Å². The zero-order chi connectivity index (χ0) is 21.7. The summed E-state index contributed by atoms with van der Waals surface area (Å²) in [4.78, 5) is 22.8. The molecule has 0 aromatic heterocycles. The second-order valence-electron chi connectivity index (χ2n) is 8.03. The van der Waals surface area contributed by atoms with Crippen LogP contribution in [0.5, 0.6) is 11.5 Å². The molecular weight excluding hydrogens is 382 g/mol. The standard InChI is InChI=1S/C23H27N3O4/c1-5-29-20-12-17(13-24-26-14-21(27)25-22(26)28)8-11-19(20)30-15-16-6-9-18(10-7-16)23(2,3)4/h6-13H,5,14-15H2,1-4H3,(H,25,27,28)/b24-13-. The van der Waals surface area contributed by atoms with Crippen LogP contribution in [0.1, 0.15) is 44.4 Å². The number of imide groups is 1. The van der Waals surface area contributed by atoms with Gasteiger partial charge >= 0.3 is 6.03 Å². The summed E-state index contributed by atoms with van der Waals surface area (Å²) in [6.07, 6.45) is 1.51. The maximum atomic E-state index is 11.6. The van der Waals surface area contributed by atoms with Gasteiger partial charge in [-0.3, -0.25) is 10.1 Å². The molecule has 30 heavy (non-hydrogen) atoms. The van der Waals surface area contributed by atoms with E-state index >= 15 is 0 Å². The number of nitrogens with zero attached hydrogens (tertiary/aromatic N) is 2. The highest BCUT2D eigenvalue weighted by Crippen LogP contribution is 2.29. The third-order valence-electron chi connectivity index (χ3n) is 4.60. The van der Waals surface area contributed by atoms with Gasteiger partial charge < -0.3 is 9.47 Å². The fourth-order valence-corrected chi connectivity index (χ4v) is 2.92. The normalized spacial score (nSPS) is 14.3. The largest absolute Gasteiger partial charge is 0.490 e. The molecule has 7 heteroatoms. The third-order valence-corrected chi connectivity index (χ3v) is 4.60. The van der Waals surface area contributed by atoms with Crippen LogP contribution in [0, 0.1) is 0 Å². The monoisotopic (exact) mass is 409 g/mol.